The summed E-state index contributed by atoms with van der Waals surface area (Å²) in [5, 5.41) is 6.48. The Kier molecular flexibility index (Phi) is 7.02. The molecule has 0 saturated heterocycles. The van der Waals surface area contributed by atoms with Crippen molar-refractivity contribution < 1.29 is 42.5 Å². The van der Waals surface area contributed by atoms with Crippen LogP contribution in [-0.2, 0) is 35.0 Å². The molecule has 1 aromatic rings. The number of benzene rings is 1. The van der Waals surface area contributed by atoms with Crippen LogP contribution in [0.4, 0.5) is 8.78 Å². The number of carbonyl (C=O) groups is 2. The first kappa shape index (κ1) is 17.3. The van der Waals surface area contributed by atoms with E-state index in [1.165, 1.54) is 0 Å². The second kappa shape index (κ2) is 8.52. The van der Waals surface area contributed by atoms with Crippen LogP contribution in [0.3, 0.4) is 0 Å². The summed E-state index contributed by atoms with van der Waals surface area (Å²) in [5.41, 5.74) is 0.687. The van der Waals surface area contributed by atoms with E-state index in [4.69, 9.17) is 9.99 Å². The Hall–Kier alpha value is -1.75. The third kappa shape index (κ3) is 6.49. The molecule has 21 heavy (non-hydrogen) atoms. The van der Waals surface area contributed by atoms with Crippen LogP contribution in [0.5, 0.6) is 0 Å². The molecule has 0 aliphatic heterocycles. The molecule has 0 heterocycles. The largest absolute Gasteiger partial charge is 0.458 e. The van der Waals surface area contributed by atoms with Gasteiger partial charge in [-0.2, -0.15) is 8.78 Å². The number of hydrogen-bond donors (Lipinski definition) is 1. The highest BCUT2D eigenvalue weighted by molar-refractivity contribution is 7.96. The van der Waals surface area contributed by atoms with E-state index in [1.54, 1.807) is 30.3 Å². The summed E-state index contributed by atoms with van der Waals surface area (Å²) in [6.45, 7) is -1.06. The van der Waals surface area contributed by atoms with Gasteiger partial charge in [0.1, 0.15) is 18.6 Å². The first-order chi connectivity index (χ1) is 9.95. The van der Waals surface area contributed by atoms with E-state index in [0.29, 0.717) is 5.56 Å². The molecule has 1 rings (SSSR count). The van der Waals surface area contributed by atoms with Gasteiger partial charge in [-0.1, -0.05) is 35.4 Å². The molecule has 0 aliphatic carbocycles. The summed E-state index contributed by atoms with van der Waals surface area (Å²) >= 11 is -0.784. The van der Waals surface area contributed by atoms with Gasteiger partial charge in [-0.3, -0.25) is 0 Å². The summed E-state index contributed by atoms with van der Waals surface area (Å²) in [4.78, 5) is 22.1. The van der Waals surface area contributed by atoms with Crippen molar-refractivity contribution in [3.05, 3.63) is 35.9 Å². The van der Waals surface area contributed by atoms with Crippen molar-refractivity contribution >= 4 is 24.0 Å². The first-order valence-electron chi connectivity index (χ1n) is 5.36. The second-order valence-corrected chi connectivity index (χ2v) is 4.28. The van der Waals surface area contributed by atoms with Crippen LogP contribution >= 0.6 is 12.0 Å². The standard InChI is InChI=1S/C11H10F2O7S/c12-11(13,21-20-19-16)10(15)18-7-9(14)17-6-8-4-2-1-3-5-8/h1-5,16H,6-7H2. The van der Waals surface area contributed by atoms with E-state index in [9.17, 15) is 18.4 Å². The molecule has 0 unspecified atom stereocenters. The van der Waals surface area contributed by atoms with E-state index in [0.717, 1.165) is 0 Å². The molecule has 0 aromatic heterocycles. The van der Waals surface area contributed by atoms with Gasteiger partial charge in [-0.15, -0.1) is 4.33 Å². The average molecular weight is 324 g/mol. The highest BCUT2D eigenvalue weighted by atomic mass is 32.2. The van der Waals surface area contributed by atoms with Gasteiger partial charge in [0.15, 0.2) is 6.61 Å². The van der Waals surface area contributed by atoms with Crippen LogP contribution in [-0.4, -0.2) is 29.1 Å². The van der Waals surface area contributed by atoms with Gasteiger partial charge in [0.2, 0.25) is 0 Å². The third-order valence-electron chi connectivity index (χ3n) is 1.97. The van der Waals surface area contributed by atoms with Gasteiger partial charge in [0.05, 0.1) is 0 Å². The molecule has 0 radical (unpaired) electrons. The predicted octanol–water partition coefficient (Wildman–Crippen LogP) is 1.94. The molecule has 0 spiro atoms. The Bertz CT molecular complexity index is 469. The van der Waals surface area contributed by atoms with Gasteiger partial charge in [-0.25, -0.2) is 14.8 Å². The molecule has 0 aliphatic rings. The zero-order valence-corrected chi connectivity index (χ0v) is 11.2. The summed E-state index contributed by atoms with van der Waals surface area (Å²) in [7, 11) is 0. The molecule has 116 valence electrons. The summed E-state index contributed by atoms with van der Waals surface area (Å²) in [5.74, 6) is -3.03. The average Bonchev–Trinajstić information content (AvgIpc) is 2.49. The number of esters is 2. The Balaban J connectivity index is 2.30. The fourth-order valence-corrected chi connectivity index (χ4v) is 1.32. The Morgan fingerprint density at radius 1 is 1.19 bits per heavy atom. The van der Waals surface area contributed by atoms with Gasteiger partial charge in [0, 0.05) is 0 Å². The number of hydrogen-bond acceptors (Lipinski definition) is 8. The highest BCUT2D eigenvalue weighted by Crippen LogP contribution is 2.31. The van der Waals surface area contributed by atoms with E-state index < -0.39 is 35.8 Å². The van der Waals surface area contributed by atoms with Gasteiger partial charge < -0.3 is 9.47 Å². The maximum Gasteiger partial charge on any atom is 0.415 e. The first-order valence-corrected chi connectivity index (χ1v) is 6.10. The molecule has 7 nitrogen and oxygen atoms in total. The lowest BCUT2D eigenvalue weighted by molar-refractivity contribution is -0.433. The number of rotatable bonds is 8. The van der Waals surface area contributed by atoms with Crippen molar-refractivity contribution in [3.8, 4) is 0 Å². The molecule has 0 fully saturated rings. The van der Waals surface area contributed by atoms with Crippen LogP contribution in [0.2, 0.25) is 0 Å². The number of ether oxygens (including phenoxy) is 2. The van der Waals surface area contributed by atoms with Gasteiger partial charge in [-0.05, 0) is 5.56 Å². The molecular formula is C11H10F2O7S. The zero-order valence-electron chi connectivity index (χ0n) is 10.4. The lowest BCUT2D eigenvalue weighted by Crippen LogP contribution is -2.29. The number of carbonyl (C=O) groups excluding carboxylic acids is 2. The minimum Gasteiger partial charge on any atom is -0.458 e. The fourth-order valence-electron chi connectivity index (χ4n) is 1.08. The van der Waals surface area contributed by atoms with Crippen molar-refractivity contribution in [1.82, 2.24) is 0 Å². The fraction of sp³-hybridized carbons (Fsp3) is 0.273. The van der Waals surface area contributed by atoms with Crippen molar-refractivity contribution in [2.24, 2.45) is 0 Å². The summed E-state index contributed by atoms with van der Waals surface area (Å²) in [6.07, 6.45) is 0. The molecule has 1 aromatic carbocycles. The van der Waals surface area contributed by atoms with E-state index >= 15 is 0 Å². The van der Waals surface area contributed by atoms with Gasteiger partial charge >= 0.3 is 17.2 Å². The Labute approximate surface area is 121 Å². The van der Waals surface area contributed by atoms with E-state index in [2.05, 4.69) is 14.1 Å². The molecule has 0 saturated carbocycles. The van der Waals surface area contributed by atoms with E-state index in [-0.39, 0.29) is 6.61 Å². The van der Waals surface area contributed by atoms with Crippen LogP contribution in [0.1, 0.15) is 5.56 Å². The summed E-state index contributed by atoms with van der Waals surface area (Å²) < 4.78 is 38.0. The van der Waals surface area contributed by atoms with Crippen molar-refractivity contribution in [2.45, 2.75) is 11.9 Å². The smallest absolute Gasteiger partial charge is 0.415 e. The second-order valence-electron chi connectivity index (χ2n) is 3.47. The minimum absolute atomic E-state index is 0.0795. The quantitative estimate of drug-likeness (QED) is 0.336. The van der Waals surface area contributed by atoms with Gasteiger partial charge in [0.25, 0.3) is 0 Å². The Morgan fingerprint density at radius 3 is 2.48 bits per heavy atom. The van der Waals surface area contributed by atoms with Crippen molar-refractivity contribution in [3.63, 3.8) is 0 Å². The van der Waals surface area contributed by atoms with Crippen LogP contribution in [0.25, 0.3) is 0 Å². The number of halogens is 2. The maximum atomic E-state index is 12.9. The normalized spacial score (nSPS) is 11.0. The van der Waals surface area contributed by atoms with Crippen molar-refractivity contribution in [2.75, 3.05) is 6.61 Å². The lowest BCUT2D eigenvalue weighted by Gasteiger charge is -2.11. The molecular weight excluding hydrogens is 314 g/mol. The van der Waals surface area contributed by atoms with Crippen LogP contribution in [0, 0.1) is 0 Å². The Morgan fingerprint density at radius 2 is 1.86 bits per heavy atom. The zero-order chi connectivity index (χ0) is 15.7. The van der Waals surface area contributed by atoms with Crippen LogP contribution in [0.15, 0.2) is 30.3 Å². The highest BCUT2D eigenvalue weighted by Gasteiger charge is 2.44. The lowest BCUT2D eigenvalue weighted by atomic mass is 10.2. The third-order valence-corrected chi connectivity index (χ3v) is 2.48. The van der Waals surface area contributed by atoms with E-state index in [1.807, 2.05) is 0 Å². The molecule has 0 amide bonds. The molecule has 1 N–H and O–H groups in total. The predicted molar refractivity (Wildman–Crippen MR) is 64.5 cm³/mol. The minimum atomic E-state index is -4.15. The topological polar surface area (TPSA) is 91.3 Å². The van der Waals surface area contributed by atoms with Crippen LogP contribution < -0.4 is 0 Å². The summed E-state index contributed by atoms with van der Waals surface area (Å²) in [6, 6.07) is 8.60. The molecule has 10 heteroatoms. The number of alkyl halides is 2. The monoisotopic (exact) mass is 324 g/mol. The SMILES string of the molecule is O=C(COC(=O)C(F)(F)SOOO)OCc1ccccc1. The van der Waals surface area contributed by atoms with Crippen molar-refractivity contribution in [1.29, 1.82) is 0 Å². The maximum absolute atomic E-state index is 12.9. The molecule has 0 atom stereocenters. The molecule has 0 bridgehead atoms.